The molecule has 114 valence electrons. The number of hydrogen-bond acceptors (Lipinski definition) is 3. The lowest BCUT2D eigenvalue weighted by Crippen LogP contribution is -2.26. The van der Waals surface area contributed by atoms with Crippen LogP contribution >= 0.6 is 0 Å². The number of carbonyl (C=O) groups excluding carboxylic acids is 1. The number of carbonyl (C=O) groups is 1. The summed E-state index contributed by atoms with van der Waals surface area (Å²) in [4.78, 5) is 11.5. The van der Waals surface area contributed by atoms with Crippen molar-refractivity contribution in [1.82, 2.24) is 10.6 Å². The van der Waals surface area contributed by atoms with Crippen molar-refractivity contribution in [2.24, 2.45) is 0 Å². The number of nitrogens with one attached hydrogen (secondary N) is 2. The molecule has 2 N–H and O–H groups in total. The van der Waals surface area contributed by atoms with E-state index in [-0.39, 0.29) is 5.91 Å². The fourth-order valence-corrected chi connectivity index (χ4v) is 1.99. The minimum atomic E-state index is 0.183. The molecule has 1 aromatic rings. The van der Waals surface area contributed by atoms with E-state index in [0.29, 0.717) is 19.1 Å². The van der Waals surface area contributed by atoms with Gasteiger partial charge in [0.1, 0.15) is 12.4 Å². The van der Waals surface area contributed by atoms with Gasteiger partial charge in [0.2, 0.25) is 5.91 Å². The highest BCUT2D eigenvalue weighted by Gasteiger charge is 2.22. The molecular formula is C17H24N2O2. The number of benzene rings is 1. The zero-order valence-electron chi connectivity index (χ0n) is 12.4. The van der Waals surface area contributed by atoms with Gasteiger partial charge in [-0.1, -0.05) is 24.8 Å². The fourth-order valence-electron chi connectivity index (χ4n) is 1.99. The zero-order chi connectivity index (χ0) is 14.9. The second-order valence-electron chi connectivity index (χ2n) is 5.37. The van der Waals surface area contributed by atoms with E-state index < -0.39 is 0 Å². The Labute approximate surface area is 126 Å². The van der Waals surface area contributed by atoms with Gasteiger partial charge in [-0.25, -0.2) is 0 Å². The van der Waals surface area contributed by atoms with Crippen LogP contribution in [0.1, 0.15) is 31.2 Å². The smallest absolute Gasteiger partial charge is 0.220 e. The van der Waals surface area contributed by atoms with Crippen LogP contribution in [0.15, 0.2) is 36.9 Å². The van der Waals surface area contributed by atoms with Gasteiger partial charge in [0.15, 0.2) is 0 Å². The molecule has 0 atom stereocenters. The van der Waals surface area contributed by atoms with E-state index >= 15 is 0 Å². The van der Waals surface area contributed by atoms with Crippen LogP contribution in [0.3, 0.4) is 0 Å². The van der Waals surface area contributed by atoms with E-state index in [0.717, 1.165) is 38.1 Å². The molecule has 21 heavy (non-hydrogen) atoms. The largest absolute Gasteiger partial charge is 0.490 e. The SMILES string of the molecule is C=CCOc1ccc(CNCCCC(=O)NC2CC2)cc1. The van der Waals surface area contributed by atoms with Crippen molar-refractivity contribution in [1.29, 1.82) is 0 Å². The summed E-state index contributed by atoms with van der Waals surface area (Å²) in [6.07, 6.45) is 5.51. The Morgan fingerprint density at radius 2 is 2.10 bits per heavy atom. The summed E-state index contributed by atoms with van der Waals surface area (Å²) in [6, 6.07) is 8.48. The van der Waals surface area contributed by atoms with Gasteiger partial charge in [0.25, 0.3) is 0 Å². The van der Waals surface area contributed by atoms with Gasteiger partial charge in [0, 0.05) is 19.0 Å². The maximum absolute atomic E-state index is 11.5. The van der Waals surface area contributed by atoms with Gasteiger partial charge >= 0.3 is 0 Å². The summed E-state index contributed by atoms with van der Waals surface area (Å²) >= 11 is 0. The molecule has 1 aromatic carbocycles. The van der Waals surface area contributed by atoms with Crippen LogP contribution < -0.4 is 15.4 Å². The quantitative estimate of drug-likeness (QED) is 0.513. The predicted octanol–water partition coefficient (Wildman–Crippen LogP) is 2.40. The summed E-state index contributed by atoms with van der Waals surface area (Å²) in [5, 5.41) is 6.35. The molecule has 0 heterocycles. The van der Waals surface area contributed by atoms with Crippen molar-refractivity contribution in [2.75, 3.05) is 13.2 Å². The van der Waals surface area contributed by atoms with Gasteiger partial charge in [-0.2, -0.15) is 0 Å². The highest BCUT2D eigenvalue weighted by molar-refractivity contribution is 5.76. The highest BCUT2D eigenvalue weighted by atomic mass is 16.5. The molecule has 1 amide bonds. The Kier molecular flexibility index (Phi) is 6.28. The third-order valence-corrected chi connectivity index (χ3v) is 3.32. The van der Waals surface area contributed by atoms with Gasteiger partial charge in [0.05, 0.1) is 0 Å². The standard InChI is InChI=1S/C17H24N2O2/c1-2-12-21-16-9-5-14(6-10-16)13-18-11-3-4-17(20)19-15-7-8-15/h2,5-6,9-10,15,18H,1,3-4,7-8,11-13H2,(H,19,20). The van der Waals surface area contributed by atoms with Crippen LogP contribution in [0.5, 0.6) is 5.75 Å². The zero-order valence-corrected chi connectivity index (χ0v) is 12.4. The van der Waals surface area contributed by atoms with Crippen molar-refractivity contribution in [3.8, 4) is 5.75 Å². The third-order valence-electron chi connectivity index (χ3n) is 3.32. The normalized spacial score (nSPS) is 13.7. The Morgan fingerprint density at radius 3 is 2.76 bits per heavy atom. The van der Waals surface area contributed by atoms with E-state index in [1.54, 1.807) is 6.08 Å². The topological polar surface area (TPSA) is 50.4 Å². The summed E-state index contributed by atoms with van der Waals surface area (Å²) in [5.74, 6) is 1.04. The predicted molar refractivity (Wildman–Crippen MR) is 84.2 cm³/mol. The Bertz CT molecular complexity index is 452. The van der Waals surface area contributed by atoms with Crippen molar-refractivity contribution in [2.45, 2.75) is 38.3 Å². The van der Waals surface area contributed by atoms with Crippen LogP contribution in [0.2, 0.25) is 0 Å². The third kappa shape index (κ3) is 6.45. The molecule has 1 saturated carbocycles. The first kappa shape index (κ1) is 15.6. The first-order valence-corrected chi connectivity index (χ1v) is 7.60. The van der Waals surface area contributed by atoms with Crippen LogP contribution in [0, 0.1) is 0 Å². The molecule has 1 fully saturated rings. The van der Waals surface area contributed by atoms with E-state index in [4.69, 9.17) is 4.74 Å². The van der Waals surface area contributed by atoms with E-state index in [2.05, 4.69) is 17.2 Å². The van der Waals surface area contributed by atoms with E-state index in [1.807, 2.05) is 24.3 Å². The van der Waals surface area contributed by atoms with Crippen molar-refractivity contribution < 1.29 is 9.53 Å². The molecule has 1 aliphatic carbocycles. The Morgan fingerprint density at radius 1 is 1.33 bits per heavy atom. The molecule has 0 saturated heterocycles. The summed E-state index contributed by atoms with van der Waals surface area (Å²) in [7, 11) is 0. The second kappa shape index (κ2) is 8.47. The van der Waals surface area contributed by atoms with Crippen LogP contribution in [0.4, 0.5) is 0 Å². The molecule has 1 aliphatic rings. The Hall–Kier alpha value is -1.81. The lowest BCUT2D eigenvalue weighted by atomic mass is 10.2. The average molecular weight is 288 g/mol. The van der Waals surface area contributed by atoms with Gasteiger partial charge in [-0.05, 0) is 43.5 Å². The van der Waals surface area contributed by atoms with Gasteiger partial charge in [-0.15, -0.1) is 0 Å². The summed E-state index contributed by atoms with van der Waals surface area (Å²) in [6.45, 7) is 5.81. The number of rotatable bonds is 10. The lowest BCUT2D eigenvalue weighted by Gasteiger charge is -2.07. The minimum Gasteiger partial charge on any atom is -0.490 e. The molecule has 4 heteroatoms. The molecule has 0 bridgehead atoms. The molecule has 0 spiro atoms. The van der Waals surface area contributed by atoms with Crippen molar-refractivity contribution >= 4 is 5.91 Å². The number of ether oxygens (including phenoxy) is 1. The molecule has 4 nitrogen and oxygen atoms in total. The molecule has 0 aliphatic heterocycles. The number of amides is 1. The van der Waals surface area contributed by atoms with Crippen molar-refractivity contribution in [3.63, 3.8) is 0 Å². The summed E-state index contributed by atoms with van der Waals surface area (Å²) < 4.78 is 5.43. The van der Waals surface area contributed by atoms with Crippen LogP contribution in [-0.4, -0.2) is 25.1 Å². The molecule has 0 radical (unpaired) electrons. The average Bonchev–Trinajstić information content (AvgIpc) is 3.30. The first-order valence-electron chi connectivity index (χ1n) is 7.60. The van der Waals surface area contributed by atoms with Gasteiger partial charge < -0.3 is 15.4 Å². The summed E-state index contributed by atoms with van der Waals surface area (Å²) in [5.41, 5.74) is 1.21. The van der Waals surface area contributed by atoms with E-state index in [1.165, 1.54) is 5.56 Å². The lowest BCUT2D eigenvalue weighted by molar-refractivity contribution is -0.121. The maximum Gasteiger partial charge on any atom is 0.220 e. The maximum atomic E-state index is 11.5. The van der Waals surface area contributed by atoms with Crippen LogP contribution in [-0.2, 0) is 11.3 Å². The highest BCUT2D eigenvalue weighted by Crippen LogP contribution is 2.18. The Balaban J connectivity index is 1.55. The van der Waals surface area contributed by atoms with Gasteiger partial charge in [-0.3, -0.25) is 4.79 Å². The molecule has 0 unspecified atom stereocenters. The number of hydrogen-bond donors (Lipinski definition) is 2. The molecule has 0 aromatic heterocycles. The molecule has 2 rings (SSSR count). The second-order valence-corrected chi connectivity index (χ2v) is 5.37. The van der Waals surface area contributed by atoms with Crippen LogP contribution in [0.25, 0.3) is 0 Å². The monoisotopic (exact) mass is 288 g/mol. The first-order chi connectivity index (χ1) is 10.3. The fraction of sp³-hybridized carbons (Fsp3) is 0.471. The molecular weight excluding hydrogens is 264 g/mol. The van der Waals surface area contributed by atoms with E-state index in [9.17, 15) is 4.79 Å². The van der Waals surface area contributed by atoms with Crippen molar-refractivity contribution in [3.05, 3.63) is 42.5 Å². The minimum absolute atomic E-state index is 0.183.